The summed E-state index contributed by atoms with van der Waals surface area (Å²) in [7, 11) is 0. The highest BCUT2D eigenvalue weighted by molar-refractivity contribution is 6.01. The Morgan fingerprint density at radius 3 is 2.07 bits per heavy atom. The molecular weight excluding hydrogens is 368 g/mol. The van der Waals surface area contributed by atoms with Crippen molar-refractivity contribution in [2.45, 2.75) is 19.4 Å². The first-order chi connectivity index (χ1) is 14.1. The number of amides is 4. The lowest BCUT2D eigenvalue weighted by Crippen LogP contribution is -2.50. The Kier molecular flexibility index (Phi) is 5.46. The fourth-order valence-corrected chi connectivity index (χ4v) is 3.68. The molecule has 150 valence electrons. The summed E-state index contributed by atoms with van der Waals surface area (Å²) in [6.45, 7) is 3.21. The van der Waals surface area contributed by atoms with Gasteiger partial charge in [-0.1, -0.05) is 30.3 Å². The molecular formula is C22H24N4O3. The fraction of sp³-hybridized carbons (Fsp3) is 0.318. The number of nitrogens with zero attached hydrogens (tertiary/aromatic N) is 3. The van der Waals surface area contributed by atoms with Gasteiger partial charge in [-0.2, -0.15) is 0 Å². The van der Waals surface area contributed by atoms with E-state index < -0.39 is 0 Å². The summed E-state index contributed by atoms with van der Waals surface area (Å²) >= 11 is 0. The number of likely N-dealkylation sites (tertiary alicyclic amines) is 1. The van der Waals surface area contributed by atoms with E-state index in [0.717, 1.165) is 18.7 Å². The second kappa shape index (κ2) is 8.34. The minimum atomic E-state index is -0.123. The van der Waals surface area contributed by atoms with E-state index in [0.29, 0.717) is 31.6 Å². The van der Waals surface area contributed by atoms with E-state index in [4.69, 9.17) is 0 Å². The number of imide groups is 1. The van der Waals surface area contributed by atoms with E-state index >= 15 is 0 Å². The molecule has 4 amide bonds. The summed E-state index contributed by atoms with van der Waals surface area (Å²) in [5.74, 6) is -0.246. The number of anilines is 2. The molecule has 0 bridgehead atoms. The number of hydrogen-bond acceptors (Lipinski definition) is 4. The third kappa shape index (κ3) is 4.39. The summed E-state index contributed by atoms with van der Waals surface area (Å²) in [5.41, 5.74) is 2.74. The fourth-order valence-electron chi connectivity index (χ4n) is 3.68. The van der Waals surface area contributed by atoms with Crippen LogP contribution in [0.5, 0.6) is 0 Å². The van der Waals surface area contributed by atoms with Gasteiger partial charge in [0.2, 0.25) is 11.8 Å². The molecule has 2 saturated heterocycles. The van der Waals surface area contributed by atoms with E-state index in [9.17, 15) is 14.4 Å². The summed E-state index contributed by atoms with van der Waals surface area (Å²) in [4.78, 5) is 41.4. The standard InChI is InChI=1S/C22H24N4O3/c27-20-10-11-21(28)26(20)16-17-6-8-18(9-7-17)23-22(29)25-14-12-24(13-15-25)19-4-2-1-3-5-19/h1-9H,10-16H2,(H,23,29). The summed E-state index contributed by atoms with van der Waals surface area (Å²) in [6, 6.07) is 17.4. The summed E-state index contributed by atoms with van der Waals surface area (Å²) < 4.78 is 0. The number of carbonyl (C=O) groups excluding carboxylic acids is 3. The van der Waals surface area contributed by atoms with Gasteiger partial charge < -0.3 is 15.1 Å². The predicted molar refractivity (Wildman–Crippen MR) is 110 cm³/mol. The number of hydrogen-bond donors (Lipinski definition) is 1. The molecule has 2 aliphatic heterocycles. The third-order valence-corrected chi connectivity index (χ3v) is 5.39. The number of para-hydroxylation sites is 1. The zero-order valence-electron chi connectivity index (χ0n) is 16.2. The molecule has 0 saturated carbocycles. The smallest absolute Gasteiger partial charge is 0.321 e. The first-order valence-corrected chi connectivity index (χ1v) is 9.88. The quantitative estimate of drug-likeness (QED) is 0.812. The highest BCUT2D eigenvalue weighted by Gasteiger charge is 2.28. The van der Waals surface area contributed by atoms with Crippen molar-refractivity contribution in [1.82, 2.24) is 9.80 Å². The summed E-state index contributed by atoms with van der Waals surface area (Å²) in [5, 5.41) is 2.93. The van der Waals surface area contributed by atoms with Crippen molar-refractivity contribution in [2.75, 3.05) is 36.4 Å². The molecule has 0 spiro atoms. The lowest BCUT2D eigenvalue weighted by molar-refractivity contribution is -0.139. The molecule has 2 aromatic carbocycles. The molecule has 29 heavy (non-hydrogen) atoms. The minimum absolute atomic E-state index is 0.115. The number of nitrogens with one attached hydrogen (secondary N) is 1. The Balaban J connectivity index is 1.29. The molecule has 7 nitrogen and oxygen atoms in total. The van der Waals surface area contributed by atoms with Crippen LogP contribution in [0.1, 0.15) is 18.4 Å². The van der Waals surface area contributed by atoms with Crippen molar-refractivity contribution >= 4 is 29.2 Å². The van der Waals surface area contributed by atoms with Crippen LogP contribution in [0.15, 0.2) is 54.6 Å². The molecule has 2 heterocycles. The highest BCUT2D eigenvalue weighted by Crippen LogP contribution is 2.19. The van der Waals surface area contributed by atoms with E-state index in [1.54, 1.807) is 12.1 Å². The van der Waals surface area contributed by atoms with Gasteiger partial charge in [0.05, 0.1) is 6.54 Å². The van der Waals surface area contributed by atoms with Gasteiger partial charge in [-0.25, -0.2) is 4.79 Å². The number of rotatable bonds is 4. The maximum Gasteiger partial charge on any atom is 0.321 e. The second-order valence-corrected chi connectivity index (χ2v) is 7.31. The zero-order valence-corrected chi connectivity index (χ0v) is 16.2. The molecule has 0 atom stereocenters. The third-order valence-electron chi connectivity index (χ3n) is 5.39. The zero-order chi connectivity index (χ0) is 20.2. The topological polar surface area (TPSA) is 73.0 Å². The Hall–Kier alpha value is -3.35. The van der Waals surface area contributed by atoms with Crippen LogP contribution < -0.4 is 10.2 Å². The van der Waals surface area contributed by atoms with Gasteiger partial charge in [-0.3, -0.25) is 14.5 Å². The van der Waals surface area contributed by atoms with Crippen LogP contribution in [0.2, 0.25) is 0 Å². The lowest BCUT2D eigenvalue weighted by Gasteiger charge is -2.36. The number of piperazine rings is 1. The molecule has 0 radical (unpaired) electrons. The average Bonchev–Trinajstić information content (AvgIpc) is 3.08. The first-order valence-electron chi connectivity index (χ1n) is 9.88. The Bertz CT molecular complexity index is 874. The van der Waals surface area contributed by atoms with Gasteiger partial charge in [0.1, 0.15) is 0 Å². The Morgan fingerprint density at radius 1 is 0.828 bits per heavy atom. The van der Waals surface area contributed by atoms with Gasteiger partial charge >= 0.3 is 6.03 Å². The monoisotopic (exact) mass is 392 g/mol. The van der Waals surface area contributed by atoms with Crippen molar-refractivity contribution < 1.29 is 14.4 Å². The number of carbonyl (C=O) groups is 3. The van der Waals surface area contributed by atoms with Gasteiger partial charge in [0.15, 0.2) is 0 Å². The molecule has 1 N–H and O–H groups in total. The van der Waals surface area contributed by atoms with Gasteiger partial charge in [0, 0.05) is 50.4 Å². The Labute approximate surface area is 169 Å². The molecule has 2 aliphatic rings. The van der Waals surface area contributed by atoms with Gasteiger partial charge in [0.25, 0.3) is 0 Å². The average molecular weight is 392 g/mol. The van der Waals surface area contributed by atoms with Crippen LogP contribution >= 0.6 is 0 Å². The predicted octanol–water partition coefficient (Wildman–Crippen LogP) is 2.69. The normalized spacial score (nSPS) is 17.0. The van der Waals surface area contributed by atoms with E-state index in [1.165, 1.54) is 10.6 Å². The number of benzene rings is 2. The molecule has 0 aliphatic carbocycles. The minimum Gasteiger partial charge on any atom is -0.368 e. The van der Waals surface area contributed by atoms with Crippen molar-refractivity contribution in [2.24, 2.45) is 0 Å². The summed E-state index contributed by atoms with van der Waals surface area (Å²) in [6.07, 6.45) is 0.592. The molecule has 4 rings (SSSR count). The second-order valence-electron chi connectivity index (χ2n) is 7.31. The van der Waals surface area contributed by atoms with Crippen molar-refractivity contribution in [3.05, 3.63) is 60.2 Å². The van der Waals surface area contributed by atoms with Crippen LogP contribution in [0, 0.1) is 0 Å². The molecule has 7 heteroatoms. The Morgan fingerprint density at radius 2 is 1.45 bits per heavy atom. The molecule has 2 fully saturated rings. The maximum atomic E-state index is 12.6. The van der Waals surface area contributed by atoms with Crippen molar-refractivity contribution in [3.63, 3.8) is 0 Å². The molecule has 0 aromatic heterocycles. The van der Waals surface area contributed by atoms with E-state index in [-0.39, 0.29) is 24.4 Å². The largest absolute Gasteiger partial charge is 0.368 e. The maximum absolute atomic E-state index is 12.6. The SMILES string of the molecule is O=C(Nc1ccc(CN2C(=O)CCC2=O)cc1)N1CCN(c2ccccc2)CC1. The van der Waals surface area contributed by atoms with Gasteiger partial charge in [-0.15, -0.1) is 0 Å². The van der Waals surface area contributed by atoms with Crippen LogP contribution in [-0.4, -0.2) is 53.8 Å². The van der Waals surface area contributed by atoms with E-state index in [1.807, 2.05) is 35.2 Å². The van der Waals surface area contributed by atoms with Crippen LogP contribution in [0.3, 0.4) is 0 Å². The van der Waals surface area contributed by atoms with Crippen molar-refractivity contribution in [1.29, 1.82) is 0 Å². The highest BCUT2D eigenvalue weighted by atomic mass is 16.2. The molecule has 0 unspecified atom stereocenters. The number of urea groups is 1. The van der Waals surface area contributed by atoms with Crippen molar-refractivity contribution in [3.8, 4) is 0 Å². The lowest BCUT2D eigenvalue weighted by atomic mass is 10.2. The van der Waals surface area contributed by atoms with E-state index in [2.05, 4.69) is 22.3 Å². The molecule has 2 aromatic rings. The van der Waals surface area contributed by atoms with Gasteiger partial charge in [-0.05, 0) is 29.8 Å². The van der Waals surface area contributed by atoms with Crippen LogP contribution in [-0.2, 0) is 16.1 Å². The van der Waals surface area contributed by atoms with Crippen LogP contribution in [0.4, 0.5) is 16.2 Å². The first kappa shape index (κ1) is 19.0. The van der Waals surface area contributed by atoms with Crippen LogP contribution in [0.25, 0.3) is 0 Å².